The number of nitrogens with zero attached hydrogens (tertiary/aromatic N) is 2. The molecule has 0 aliphatic carbocycles. The molecule has 2 atom stereocenters. The lowest BCUT2D eigenvalue weighted by Gasteiger charge is -2.34. The van der Waals surface area contributed by atoms with Crippen LogP contribution in [0.2, 0.25) is 0 Å². The Morgan fingerprint density at radius 3 is 3.16 bits per heavy atom. The summed E-state index contributed by atoms with van der Waals surface area (Å²) < 4.78 is 0. The maximum Gasteiger partial charge on any atom is 0.242 e. The molecule has 102 valence electrons. The van der Waals surface area contributed by atoms with Gasteiger partial charge in [0.2, 0.25) is 5.91 Å². The number of carbonyl (C=O) groups excluding carboxylic acids is 1. The van der Waals surface area contributed by atoms with Gasteiger partial charge in [0.15, 0.2) is 0 Å². The summed E-state index contributed by atoms with van der Waals surface area (Å²) in [5.41, 5.74) is 0.539. The van der Waals surface area contributed by atoms with Crippen molar-refractivity contribution >= 4 is 22.2 Å². The van der Waals surface area contributed by atoms with E-state index in [1.54, 1.807) is 6.07 Å². The number of amides is 1. The molecule has 0 aromatic carbocycles. The molecule has 1 aliphatic rings. The Hall–Kier alpha value is -1.38. The molecule has 2 rings (SSSR count). The van der Waals surface area contributed by atoms with Crippen LogP contribution in [0.15, 0.2) is 11.4 Å². The van der Waals surface area contributed by atoms with Crippen molar-refractivity contribution in [2.75, 3.05) is 18.4 Å². The lowest BCUT2D eigenvalue weighted by molar-refractivity contribution is -0.121. The molecule has 4 nitrogen and oxygen atoms in total. The second kappa shape index (κ2) is 6.18. The van der Waals surface area contributed by atoms with Crippen molar-refractivity contribution in [3.8, 4) is 6.07 Å². The van der Waals surface area contributed by atoms with Gasteiger partial charge >= 0.3 is 0 Å². The molecule has 1 fully saturated rings. The minimum atomic E-state index is -0.142. The molecule has 0 bridgehead atoms. The molecule has 5 heteroatoms. The van der Waals surface area contributed by atoms with Crippen molar-refractivity contribution in [1.29, 1.82) is 5.26 Å². The number of rotatable bonds is 3. The third kappa shape index (κ3) is 3.34. The van der Waals surface area contributed by atoms with Gasteiger partial charge in [-0.05, 0) is 43.7 Å². The summed E-state index contributed by atoms with van der Waals surface area (Å²) >= 11 is 1.39. The number of likely N-dealkylation sites (tertiary alicyclic amines) is 1. The van der Waals surface area contributed by atoms with E-state index in [2.05, 4.69) is 23.2 Å². The van der Waals surface area contributed by atoms with Gasteiger partial charge in [0.05, 0.1) is 11.6 Å². The van der Waals surface area contributed by atoms with E-state index in [1.807, 2.05) is 12.3 Å². The molecule has 1 saturated heterocycles. The lowest BCUT2D eigenvalue weighted by atomic mass is 9.99. The van der Waals surface area contributed by atoms with Crippen molar-refractivity contribution in [3.63, 3.8) is 0 Å². The number of hydrogen-bond donors (Lipinski definition) is 1. The standard InChI is InChI=1S/C14H19N3OS/c1-10-4-3-6-17(9-10)11(2)13(18)16-14-12(8-15)5-7-19-14/h5,7,10-11H,3-4,6,9H2,1-2H3,(H,16,18)/t10-,11-/m0/s1. The Kier molecular flexibility index (Phi) is 4.56. The molecule has 1 aromatic rings. The number of hydrogen-bond acceptors (Lipinski definition) is 4. The molecule has 0 radical (unpaired) electrons. The predicted octanol–water partition coefficient (Wildman–Crippen LogP) is 2.68. The lowest BCUT2D eigenvalue weighted by Crippen LogP contribution is -2.46. The zero-order valence-electron chi connectivity index (χ0n) is 11.3. The second-order valence-electron chi connectivity index (χ2n) is 5.18. The number of carbonyl (C=O) groups is 1. The highest BCUT2D eigenvalue weighted by Gasteiger charge is 2.26. The highest BCUT2D eigenvalue weighted by molar-refractivity contribution is 7.14. The molecule has 0 spiro atoms. The van der Waals surface area contributed by atoms with Crippen molar-refractivity contribution < 1.29 is 4.79 Å². The zero-order chi connectivity index (χ0) is 13.8. The van der Waals surface area contributed by atoms with E-state index in [1.165, 1.54) is 17.8 Å². The molecule has 1 aliphatic heterocycles. The highest BCUT2D eigenvalue weighted by Crippen LogP contribution is 2.23. The Morgan fingerprint density at radius 2 is 2.47 bits per heavy atom. The van der Waals surface area contributed by atoms with E-state index in [0.29, 0.717) is 16.5 Å². The summed E-state index contributed by atoms with van der Waals surface area (Å²) in [6, 6.07) is 3.68. The van der Waals surface area contributed by atoms with Gasteiger partial charge in [0, 0.05) is 6.54 Å². The predicted molar refractivity (Wildman–Crippen MR) is 77.1 cm³/mol. The largest absolute Gasteiger partial charge is 0.315 e. The van der Waals surface area contributed by atoms with Gasteiger partial charge in [-0.1, -0.05) is 6.92 Å². The smallest absolute Gasteiger partial charge is 0.242 e. The fourth-order valence-electron chi connectivity index (χ4n) is 2.45. The number of anilines is 1. The fraction of sp³-hybridized carbons (Fsp3) is 0.571. The van der Waals surface area contributed by atoms with Gasteiger partial charge in [0.25, 0.3) is 0 Å². The van der Waals surface area contributed by atoms with E-state index in [9.17, 15) is 4.79 Å². The Labute approximate surface area is 118 Å². The van der Waals surface area contributed by atoms with E-state index in [0.717, 1.165) is 19.5 Å². The molecular formula is C14H19N3OS. The van der Waals surface area contributed by atoms with E-state index >= 15 is 0 Å². The average molecular weight is 277 g/mol. The average Bonchev–Trinajstić information content (AvgIpc) is 2.85. The van der Waals surface area contributed by atoms with Gasteiger partial charge in [-0.15, -0.1) is 11.3 Å². The van der Waals surface area contributed by atoms with Crippen LogP contribution in [-0.2, 0) is 4.79 Å². The van der Waals surface area contributed by atoms with E-state index < -0.39 is 0 Å². The minimum absolute atomic E-state index is 0.0203. The van der Waals surface area contributed by atoms with Gasteiger partial charge < -0.3 is 5.32 Å². The van der Waals surface area contributed by atoms with Crippen molar-refractivity contribution in [2.24, 2.45) is 5.92 Å². The number of piperidine rings is 1. The van der Waals surface area contributed by atoms with Crippen LogP contribution < -0.4 is 5.32 Å². The van der Waals surface area contributed by atoms with Gasteiger partial charge in [-0.2, -0.15) is 5.26 Å². The molecule has 19 heavy (non-hydrogen) atoms. The third-order valence-electron chi connectivity index (χ3n) is 3.64. The Balaban J connectivity index is 1.98. The summed E-state index contributed by atoms with van der Waals surface area (Å²) in [7, 11) is 0. The van der Waals surface area contributed by atoms with Gasteiger partial charge in [0.1, 0.15) is 11.1 Å². The molecule has 0 unspecified atom stereocenters. The van der Waals surface area contributed by atoms with Crippen LogP contribution in [-0.4, -0.2) is 29.9 Å². The molecule has 1 amide bonds. The third-order valence-corrected chi connectivity index (χ3v) is 4.47. The van der Waals surface area contributed by atoms with Crippen LogP contribution >= 0.6 is 11.3 Å². The second-order valence-corrected chi connectivity index (χ2v) is 6.10. The van der Waals surface area contributed by atoms with Gasteiger partial charge in [-0.25, -0.2) is 0 Å². The van der Waals surface area contributed by atoms with Crippen LogP contribution in [0, 0.1) is 17.2 Å². The van der Waals surface area contributed by atoms with Crippen molar-refractivity contribution in [2.45, 2.75) is 32.7 Å². The van der Waals surface area contributed by atoms with E-state index in [4.69, 9.17) is 5.26 Å². The monoisotopic (exact) mass is 277 g/mol. The van der Waals surface area contributed by atoms with Crippen molar-refractivity contribution in [3.05, 3.63) is 17.0 Å². The number of nitriles is 1. The highest BCUT2D eigenvalue weighted by atomic mass is 32.1. The number of thiophene rings is 1. The normalized spacial score (nSPS) is 21.6. The summed E-state index contributed by atoms with van der Waals surface area (Å²) in [5, 5.41) is 14.3. The molecule has 1 aromatic heterocycles. The quantitative estimate of drug-likeness (QED) is 0.924. The SMILES string of the molecule is C[C@H]1CCCN([C@@H](C)C(=O)Nc2sccc2C#N)C1. The molecular weight excluding hydrogens is 258 g/mol. The minimum Gasteiger partial charge on any atom is -0.315 e. The van der Waals surface area contributed by atoms with Crippen molar-refractivity contribution in [1.82, 2.24) is 4.90 Å². The first-order valence-electron chi connectivity index (χ1n) is 6.64. The first kappa shape index (κ1) is 14.0. The van der Waals surface area contributed by atoms with Crippen LogP contribution in [0.4, 0.5) is 5.00 Å². The van der Waals surface area contributed by atoms with Crippen LogP contribution in [0.25, 0.3) is 0 Å². The zero-order valence-corrected chi connectivity index (χ0v) is 12.2. The first-order valence-corrected chi connectivity index (χ1v) is 7.52. The van der Waals surface area contributed by atoms with Crippen LogP contribution in [0.1, 0.15) is 32.3 Å². The Morgan fingerprint density at radius 1 is 1.68 bits per heavy atom. The van der Waals surface area contributed by atoms with E-state index in [-0.39, 0.29) is 11.9 Å². The summed E-state index contributed by atoms with van der Waals surface area (Å²) in [6.07, 6.45) is 2.40. The summed E-state index contributed by atoms with van der Waals surface area (Å²) in [5.74, 6) is 0.633. The van der Waals surface area contributed by atoms with Crippen LogP contribution in [0.3, 0.4) is 0 Å². The fourth-order valence-corrected chi connectivity index (χ4v) is 3.19. The first-order chi connectivity index (χ1) is 9.11. The molecule has 1 N–H and O–H groups in total. The topological polar surface area (TPSA) is 56.1 Å². The summed E-state index contributed by atoms with van der Waals surface area (Å²) in [4.78, 5) is 14.5. The Bertz CT molecular complexity index is 491. The molecule has 2 heterocycles. The maximum absolute atomic E-state index is 12.2. The summed E-state index contributed by atoms with van der Waals surface area (Å²) in [6.45, 7) is 6.12. The number of nitrogens with one attached hydrogen (secondary N) is 1. The van der Waals surface area contributed by atoms with Crippen LogP contribution in [0.5, 0.6) is 0 Å². The maximum atomic E-state index is 12.2. The van der Waals surface area contributed by atoms with Gasteiger partial charge in [-0.3, -0.25) is 9.69 Å². The molecule has 0 saturated carbocycles.